The van der Waals surface area contributed by atoms with Crippen molar-refractivity contribution in [2.45, 2.75) is 6.61 Å². The highest BCUT2D eigenvalue weighted by Crippen LogP contribution is 2.16. The first kappa shape index (κ1) is 14.4. The van der Waals surface area contributed by atoms with Crippen LogP contribution in [0.15, 0.2) is 59.6 Å². The molecule has 0 aliphatic carbocycles. The van der Waals surface area contributed by atoms with Gasteiger partial charge in [0.1, 0.15) is 18.2 Å². The maximum Gasteiger partial charge on any atom is 0.128 e. The van der Waals surface area contributed by atoms with E-state index in [1.807, 2.05) is 42.5 Å². The standard InChI is InChI=1S/C16H16N2O.ClH/c1-2-5-13(6-3-1)12-19-15-8-4-7-14(11-15)16-17-9-10-18-16;/h1-8,11H,9-10,12H2,(H,17,18);1H. The van der Waals surface area contributed by atoms with Crippen molar-refractivity contribution in [2.24, 2.45) is 4.99 Å². The van der Waals surface area contributed by atoms with E-state index in [-0.39, 0.29) is 12.4 Å². The molecular weight excluding hydrogens is 272 g/mol. The Morgan fingerprint density at radius 1 is 1.05 bits per heavy atom. The summed E-state index contributed by atoms with van der Waals surface area (Å²) in [6.45, 7) is 2.36. The number of nitrogens with one attached hydrogen (secondary N) is 1. The van der Waals surface area contributed by atoms with Crippen LogP contribution in [0.2, 0.25) is 0 Å². The predicted octanol–water partition coefficient (Wildman–Crippen LogP) is 3.04. The van der Waals surface area contributed by atoms with Gasteiger partial charge in [0, 0.05) is 12.1 Å². The van der Waals surface area contributed by atoms with Gasteiger partial charge in [-0.15, -0.1) is 12.4 Å². The van der Waals surface area contributed by atoms with Crippen LogP contribution in [-0.2, 0) is 6.61 Å². The Balaban J connectivity index is 0.00000147. The number of ether oxygens (including phenoxy) is 1. The Bertz CT molecular complexity index is 584. The molecule has 0 spiro atoms. The fourth-order valence-electron chi connectivity index (χ4n) is 2.07. The molecule has 3 rings (SSSR count). The highest BCUT2D eigenvalue weighted by molar-refractivity contribution is 6.00. The van der Waals surface area contributed by atoms with Crippen molar-refractivity contribution in [3.63, 3.8) is 0 Å². The Kier molecular flexibility index (Phi) is 5.02. The molecule has 20 heavy (non-hydrogen) atoms. The maximum atomic E-state index is 5.81. The summed E-state index contributed by atoms with van der Waals surface area (Å²) in [7, 11) is 0. The van der Waals surface area contributed by atoms with Gasteiger partial charge in [-0.1, -0.05) is 42.5 Å². The molecule has 3 nitrogen and oxygen atoms in total. The molecule has 1 aliphatic heterocycles. The first-order valence-corrected chi connectivity index (χ1v) is 6.47. The highest BCUT2D eigenvalue weighted by Gasteiger charge is 2.08. The summed E-state index contributed by atoms with van der Waals surface area (Å²) in [6, 6.07) is 18.2. The van der Waals surface area contributed by atoms with Crippen LogP contribution in [0.1, 0.15) is 11.1 Å². The molecule has 0 amide bonds. The molecule has 4 heteroatoms. The van der Waals surface area contributed by atoms with Crippen LogP contribution in [0.5, 0.6) is 5.75 Å². The second kappa shape index (κ2) is 6.96. The van der Waals surface area contributed by atoms with Gasteiger partial charge in [0.25, 0.3) is 0 Å². The van der Waals surface area contributed by atoms with Crippen LogP contribution in [0.3, 0.4) is 0 Å². The minimum absolute atomic E-state index is 0. The Hall–Kier alpha value is -2.00. The molecule has 0 unspecified atom stereocenters. The Labute approximate surface area is 125 Å². The van der Waals surface area contributed by atoms with Crippen LogP contribution in [0.4, 0.5) is 0 Å². The summed E-state index contributed by atoms with van der Waals surface area (Å²) in [4.78, 5) is 4.42. The van der Waals surface area contributed by atoms with E-state index in [1.54, 1.807) is 0 Å². The number of benzene rings is 2. The third kappa shape index (κ3) is 3.52. The lowest BCUT2D eigenvalue weighted by atomic mass is 10.2. The summed E-state index contributed by atoms with van der Waals surface area (Å²) >= 11 is 0. The second-order valence-electron chi connectivity index (χ2n) is 4.46. The second-order valence-corrected chi connectivity index (χ2v) is 4.46. The summed E-state index contributed by atoms with van der Waals surface area (Å²) in [6.07, 6.45) is 0. The van der Waals surface area contributed by atoms with E-state index in [4.69, 9.17) is 4.74 Å². The summed E-state index contributed by atoms with van der Waals surface area (Å²) in [5, 5.41) is 3.27. The molecule has 0 atom stereocenters. The van der Waals surface area contributed by atoms with Crippen molar-refractivity contribution < 1.29 is 4.74 Å². The molecule has 0 saturated carbocycles. The van der Waals surface area contributed by atoms with Gasteiger partial charge in [0.2, 0.25) is 0 Å². The minimum atomic E-state index is 0. The minimum Gasteiger partial charge on any atom is -0.489 e. The molecule has 0 radical (unpaired) electrons. The van der Waals surface area contributed by atoms with Crippen molar-refractivity contribution in [2.75, 3.05) is 13.1 Å². The number of hydrogen-bond acceptors (Lipinski definition) is 3. The number of hydrogen-bond donors (Lipinski definition) is 1. The van der Waals surface area contributed by atoms with Crippen molar-refractivity contribution in [3.8, 4) is 5.75 Å². The third-order valence-corrected chi connectivity index (χ3v) is 3.03. The average molecular weight is 289 g/mol. The van der Waals surface area contributed by atoms with Gasteiger partial charge in [0.05, 0.1) is 6.54 Å². The molecule has 2 aromatic carbocycles. The number of halogens is 1. The van der Waals surface area contributed by atoms with Gasteiger partial charge >= 0.3 is 0 Å². The number of nitrogens with zero attached hydrogens (tertiary/aromatic N) is 1. The first-order valence-electron chi connectivity index (χ1n) is 6.47. The lowest BCUT2D eigenvalue weighted by molar-refractivity contribution is 0.306. The van der Waals surface area contributed by atoms with Crippen molar-refractivity contribution in [1.82, 2.24) is 5.32 Å². The maximum absolute atomic E-state index is 5.81. The summed E-state index contributed by atoms with van der Waals surface area (Å²) < 4.78 is 5.81. The molecule has 0 aromatic heterocycles. The normalized spacial score (nSPS) is 13.1. The van der Waals surface area contributed by atoms with E-state index in [0.717, 1.165) is 30.2 Å². The number of rotatable bonds is 4. The van der Waals surface area contributed by atoms with E-state index in [0.29, 0.717) is 6.61 Å². The molecule has 104 valence electrons. The molecule has 0 saturated heterocycles. The van der Waals surface area contributed by atoms with Gasteiger partial charge in [0.15, 0.2) is 0 Å². The fourth-order valence-corrected chi connectivity index (χ4v) is 2.07. The fraction of sp³-hybridized carbons (Fsp3) is 0.188. The zero-order chi connectivity index (χ0) is 12.9. The van der Waals surface area contributed by atoms with Gasteiger partial charge < -0.3 is 10.1 Å². The van der Waals surface area contributed by atoms with E-state index in [9.17, 15) is 0 Å². The van der Waals surface area contributed by atoms with Crippen molar-refractivity contribution in [1.29, 1.82) is 0 Å². The molecule has 0 bridgehead atoms. The van der Waals surface area contributed by atoms with Crippen LogP contribution >= 0.6 is 12.4 Å². The van der Waals surface area contributed by atoms with E-state index >= 15 is 0 Å². The quantitative estimate of drug-likeness (QED) is 0.938. The Morgan fingerprint density at radius 2 is 1.90 bits per heavy atom. The number of aliphatic imine (C=N–C) groups is 1. The van der Waals surface area contributed by atoms with Crippen LogP contribution < -0.4 is 10.1 Å². The average Bonchev–Trinajstić information content (AvgIpc) is 3.01. The molecule has 1 aliphatic rings. The topological polar surface area (TPSA) is 33.6 Å². The molecule has 0 fully saturated rings. The molecule has 1 heterocycles. The molecular formula is C16H17ClN2O. The zero-order valence-corrected chi connectivity index (χ0v) is 11.9. The number of amidine groups is 1. The summed E-state index contributed by atoms with van der Waals surface area (Å²) in [5.74, 6) is 1.84. The lowest BCUT2D eigenvalue weighted by Gasteiger charge is -2.08. The molecule has 2 aromatic rings. The van der Waals surface area contributed by atoms with Gasteiger partial charge in [-0.05, 0) is 17.7 Å². The molecule has 1 N–H and O–H groups in total. The van der Waals surface area contributed by atoms with Crippen LogP contribution in [-0.4, -0.2) is 18.9 Å². The lowest BCUT2D eigenvalue weighted by Crippen LogP contribution is -2.19. The Morgan fingerprint density at radius 3 is 2.65 bits per heavy atom. The summed E-state index contributed by atoms with van der Waals surface area (Å²) in [5.41, 5.74) is 2.26. The monoisotopic (exact) mass is 288 g/mol. The van der Waals surface area contributed by atoms with Crippen molar-refractivity contribution >= 4 is 18.2 Å². The highest BCUT2D eigenvalue weighted by atomic mass is 35.5. The van der Waals surface area contributed by atoms with Gasteiger partial charge in [-0.25, -0.2) is 0 Å². The third-order valence-electron chi connectivity index (χ3n) is 3.03. The van der Waals surface area contributed by atoms with E-state index < -0.39 is 0 Å². The smallest absolute Gasteiger partial charge is 0.128 e. The van der Waals surface area contributed by atoms with E-state index in [1.165, 1.54) is 5.56 Å². The van der Waals surface area contributed by atoms with Crippen LogP contribution in [0.25, 0.3) is 0 Å². The van der Waals surface area contributed by atoms with E-state index in [2.05, 4.69) is 22.4 Å². The van der Waals surface area contributed by atoms with Gasteiger partial charge in [-0.3, -0.25) is 4.99 Å². The predicted molar refractivity (Wildman–Crippen MR) is 83.9 cm³/mol. The van der Waals surface area contributed by atoms with Crippen LogP contribution in [0, 0.1) is 0 Å². The first-order chi connectivity index (χ1) is 9.42. The zero-order valence-electron chi connectivity index (χ0n) is 11.1. The largest absolute Gasteiger partial charge is 0.489 e. The van der Waals surface area contributed by atoms with Gasteiger partial charge in [-0.2, -0.15) is 0 Å². The SMILES string of the molecule is Cl.c1ccc(COc2cccc(C3=NCCN3)c2)cc1. The van der Waals surface area contributed by atoms with Crippen molar-refractivity contribution in [3.05, 3.63) is 65.7 Å².